The van der Waals surface area contributed by atoms with Crippen molar-refractivity contribution in [3.05, 3.63) is 35.6 Å². The van der Waals surface area contributed by atoms with Crippen LogP contribution in [0.5, 0.6) is 0 Å². The van der Waals surface area contributed by atoms with Crippen molar-refractivity contribution >= 4 is 11.9 Å². The third-order valence-electron chi connectivity index (χ3n) is 5.77. The second-order valence-corrected chi connectivity index (χ2v) is 7.70. The van der Waals surface area contributed by atoms with Gasteiger partial charge in [0.1, 0.15) is 11.9 Å². The van der Waals surface area contributed by atoms with Crippen LogP contribution < -0.4 is 16.4 Å². The van der Waals surface area contributed by atoms with Gasteiger partial charge in [-0.25, -0.2) is 9.18 Å². The van der Waals surface area contributed by atoms with Gasteiger partial charge in [0.2, 0.25) is 5.91 Å². The molecular formula is C20H29FN4O2. The summed E-state index contributed by atoms with van der Waals surface area (Å²) in [6, 6.07) is 5.22. The molecule has 2 fully saturated rings. The molecule has 27 heavy (non-hydrogen) atoms. The molecule has 3 rings (SSSR count). The van der Waals surface area contributed by atoms with Crippen LogP contribution in [0.1, 0.15) is 38.2 Å². The Hall–Kier alpha value is -2.15. The number of halogens is 1. The highest BCUT2D eigenvalue weighted by Crippen LogP contribution is 2.37. The maximum Gasteiger partial charge on any atom is 0.315 e. The summed E-state index contributed by atoms with van der Waals surface area (Å²) in [5, 5.41) is 5.54. The van der Waals surface area contributed by atoms with Crippen molar-refractivity contribution in [1.82, 2.24) is 15.5 Å². The molecule has 0 bridgehead atoms. The van der Waals surface area contributed by atoms with E-state index in [1.807, 2.05) is 11.8 Å². The fourth-order valence-corrected chi connectivity index (χ4v) is 4.25. The van der Waals surface area contributed by atoms with Crippen LogP contribution in [0.25, 0.3) is 0 Å². The van der Waals surface area contributed by atoms with E-state index in [9.17, 15) is 14.0 Å². The Morgan fingerprint density at radius 3 is 2.67 bits per heavy atom. The fourth-order valence-electron chi connectivity index (χ4n) is 4.25. The lowest BCUT2D eigenvalue weighted by molar-refractivity contribution is -0.132. The summed E-state index contributed by atoms with van der Waals surface area (Å²) < 4.78 is 12.9. The number of fused-ring (bicyclic) bond motifs is 1. The van der Waals surface area contributed by atoms with Gasteiger partial charge in [-0.05, 0) is 48.8 Å². The van der Waals surface area contributed by atoms with Crippen molar-refractivity contribution in [2.45, 2.75) is 51.2 Å². The van der Waals surface area contributed by atoms with Crippen LogP contribution in [-0.2, 0) is 11.3 Å². The van der Waals surface area contributed by atoms with Crippen LogP contribution in [0.15, 0.2) is 24.3 Å². The number of nitrogens with zero attached hydrogens (tertiary/aromatic N) is 1. The molecule has 3 amide bonds. The van der Waals surface area contributed by atoms with Crippen LogP contribution in [0.3, 0.4) is 0 Å². The lowest BCUT2D eigenvalue weighted by Gasteiger charge is -2.25. The molecule has 1 aliphatic carbocycles. The molecule has 2 aliphatic rings. The minimum atomic E-state index is -0.529. The Kier molecular flexibility index (Phi) is 6.31. The Labute approximate surface area is 159 Å². The van der Waals surface area contributed by atoms with Gasteiger partial charge >= 0.3 is 6.03 Å². The quantitative estimate of drug-likeness (QED) is 0.710. The van der Waals surface area contributed by atoms with Gasteiger partial charge in [0, 0.05) is 25.7 Å². The summed E-state index contributed by atoms with van der Waals surface area (Å²) in [5.74, 6) is 0.560. The lowest BCUT2D eigenvalue weighted by Crippen LogP contribution is -2.51. The number of benzene rings is 1. The van der Waals surface area contributed by atoms with E-state index in [-0.39, 0.29) is 30.3 Å². The molecule has 1 aromatic rings. The van der Waals surface area contributed by atoms with Crippen molar-refractivity contribution < 1.29 is 14.0 Å². The monoisotopic (exact) mass is 376 g/mol. The van der Waals surface area contributed by atoms with Crippen molar-refractivity contribution in [1.29, 1.82) is 0 Å². The first-order chi connectivity index (χ1) is 13.0. The molecule has 1 saturated heterocycles. The molecule has 7 heteroatoms. The lowest BCUT2D eigenvalue weighted by atomic mass is 9.98. The van der Waals surface area contributed by atoms with E-state index in [2.05, 4.69) is 10.6 Å². The van der Waals surface area contributed by atoms with Gasteiger partial charge in [0.05, 0.1) is 0 Å². The van der Waals surface area contributed by atoms with Gasteiger partial charge in [0.15, 0.2) is 0 Å². The molecule has 0 spiro atoms. The van der Waals surface area contributed by atoms with E-state index in [1.54, 1.807) is 12.1 Å². The van der Waals surface area contributed by atoms with E-state index in [1.165, 1.54) is 12.1 Å². The number of nitrogens with one attached hydrogen (secondary N) is 2. The van der Waals surface area contributed by atoms with E-state index < -0.39 is 6.04 Å². The minimum Gasteiger partial charge on any atom is -0.340 e. The molecule has 1 aromatic carbocycles. The zero-order chi connectivity index (χ0) is 19.4. The molecule has 6 nitrogen and oxygen atoms in total. The Balaban J connectivity index is 1.52. The maximum absolute atomic E-state index is 12.9. The van der Waals surface area contributed by atoms with Gasteiger partial charge in [-0.15, -0.1) is 0 Å². The molecule has 4 unspecified atom stereocenters. The third-order valence-corrected chi connectivity index (χ3v) is 5.77. The number of rotatable bonds is 6. The molecule has 0 aromatic heterocycles. The highest BCUT2D eigenvalue weighted by molar-refractivity contribution is 5.87. The predicted molar refractivity (Wildman–Crippen MR) is 101 cm³/mol. The summed E-state index contributed by atoms with van der Waals surface area (Å²) in [6.45, 7) is 3.72. The highest BCUT2D eigenvalue weighted by atomic mass is 19.1. The Bertz CT molecular complexity index is 666. The zero-order valence-corrected chi connectivity index (χ0v) is 15.8. The number of hydrogen-bond donors (Lipinski definition) is 3. The summed E-state index contributed by atoms with van der Waals surface area (Å²) in [6.07, 6.45) is 3.52. The number of nitrogens with two attached hydrogens (primary N) is 1. The first kappa shape index (κ1) is 19.6. The molecule has 148 valence electrons. The fraction of sp³-hybridized carbons (Fsp3) is 0.600. The first-order valence-corrected chi connectivity index (χ1v) is 9.81. The summed E-state index contributed by atoms with van der Waals surface area (Å²) in [5.41, 5.74) is 6.96. The largest absolute Gasteiger partial charge is 0.340 e. The van der Waals surface area contributed by atoms with Crippen LogP contribution in [0, 0.1) is 17.7 Å². The van der Waals surface area contributed by atoms with E-state index in [0.29, 0.717) is 24.8 Å². The van der Waals surface area contributed by atoms with Crippen molar-refractivity contribution in [2.75, 3.05) is 13.1 Å². The van der Waals surface area contributed by atoms with Crippen molar-refractivity contribution in [2.24, 2.45) is 17.6 Å². The average Bonchev–Trinajstić information content (AvgIpc) is 3.22. The second-order valence-electron chi connectivity index (χ2n) is 7.70. The van der Waals surface area contributed by atoms with Crippen molar-refractivity contribution in [3.63, 3.8) is 0 Å². The van der Waals surface area contributed by atoms with Crippen LogP contribution >= 0.6 is 0 Å². The highest BCUT2D eigenvalue weighted by Gasteiger charge is 2.43. The SMILES string of the molecule is CCCC(NC(=O)NCc1ccc(F)cc1)C(=O)N1CC2CCC(N)C2C1. The van der Waals surface area contributed by atoms with Crippen LogP contribution in [0.4, 0.5) is 9.18 Å². The van der Waals surface area contributed by atoms with Crippen LogP contribution in [0.2, 0.25) is 0 Å². The molecule has 0 radical (unpaired) electrons. The molecule has 1 heterocycles. The number of amides is 3. The Morgan fingerprint density at radius 1 is 1.26 bits per heavy atom. The van der Waals surface area contributed by atoms with Crippen LogP contribution in [-0.4, -0.2) is 42.0 Å². The van der Waals surface area contributed by atoms with Crippen molar-refractivity contribution in [3.8, 4) is 0 Å². The third kappa shape index (κ3) is 4.77. The average molecular weight is 376 g/mol. The number of urea groups is 1. The number of hydrogen-bond acceptors (Lipinski definition) is 3. The standard InChI is InChI=1S/C20H29FN4O2/c1-2-3-18(19(26)25-11-14-6-9-17(22)16(14)12-25)24-20(27)23-10-13-4-7-15(21)8-5-13/h4-5,7-8,14,16-18H,2-3,6,9-12,22H2,1H3,(H2,23,24,27). The van der Waals surface area contributed by atoms with Gasteiger partial charge in [0.25, 0.3) is 0 Å². The molecule has 1 aliphatic heterocycles. The van der Waals surface area contributed by atoms with Gasteiger partial charge in [-0.2, -0.15) is 0 Å². The first-order valence-electron chi connectivity index (χ1n) is 9.81. The Morgan fingerprint density at radius 2 is 2.00 bits per heavy atom. The van der Waals surface area contributed by atoms with E-state index in [0.717, 1.165) is 31.4 Å². The number of likely N-dealkylation sites (tertiary alicyclic amines) is 1. The van der Waals surface area contributed by atoms with Gasteiger partial charge in [-0.3, -0.25) is 4.79 Å². The molecule has 1 saturated carbocycles. The zero-order valence-electron chi connectivity index (χ0n) is 15.8. The normalized spacial score (nSPS) is 25.1. The number of carbonyl (C=O) groups excluding carboxylic acids is 2. The van der Waals surface area contributed by atoms with Gasteiger partial charge in [-0.1, -0.05) is 25.5 Å². The minimum absolute atomic E-state index is 0.0182. The topological polar surface area (TPSA) is 87.5 Å². The maximum atomic E-state index is 12.9. The second kappa shape index (κ2) is 8.69. The molecular weight excluding hydrogens is 347 g/mol. The number of carbonyl (C=O) groups is 2. The van der Waals surface area contributed by atoms with Gasteiger partial charge < -0.3 is 21.3 Å². The smallest absolute Gasteiger partial charge is 0.315 e. The molecule has 4 N–H and O–H groups in total. The summed E-state index contributed by atoms with van der Waals surface area (Å²) in [4.78, 5) is 27.0. The molecule has 4 atom stereocenters. The predicted octanol–water partition coefficient (Wildman–Crippen LogP) is 1.99. The van der Waals surface area contributed by atoms with E-state index in [4.69, 9.17) is 5.73 Å². The summed E-state index contributed by atoms with van der Waals surface area (Å²) in [7, 11) is 0. The van der Waals surface area contributed by atoms with E-state index >= 15 is 0 Å². The summed E-state index contributed by atoms with van der Waals surface area (Å²) >= 11 is 0.